The molecule has 10 nitrogen and oxygen atoms in total. The molecule has 1 aliphatic rings. The minimum Gasteiger partial charge on any atom is -0.358 e. The maximum absolute atomic E-state index is 13.8. The van der Waals surface area contributed by atoms with Gasteiger partial charge in [0.05, 0.1) is 12.3 Å². The Balaban J connectivity index is 1.44. The molecule has 0 saturated heterocycles. The lowest BCUT2D eigenvalue weighted by Crippen LogP contribution is -2.49. The number of amides is 2. The van der Waals surface area contributed by atoms with Crippen LogP contribution in [0.4, 0.5) is 5.69 Å². The molecule has 2 aromatic heterocycles. The molecule has 12 heteroatoms. The number of aromatic nitrogens is 4. The van der Waals surface area contributed by atoms with E-state index in [9.17, 15) is 13.8 Å². The number of benzene rings is 1. The molecule has 0 aliphatic heterocycles. The molecule has 3 aromatic rings. The van der Waals surface area contributed by atoms with Gasteiger partial charge in [0.1, 0.15) is 18.5 Å². The first-order valence-electron chi connectivity index (χ1n) is 16.1. The molecule has 1 aromatic carbocycles. The Bertz CT molecular complexity index is 1490. The number of aryl methyl sites for hydroxylation is 2. The van der Waals surface area contributed by atoms with Crippen molar-refractivity contribution in [1.82, 2.24) is 24.9 Å². The second-order valence-electron chi connectivity index (χ2n) is 13.5. The van der Waals surface area contributed by atoms with Crippen LogP contribution in [-0.2, 0) is 33.6 Å². The zero-order valence-electron chi connectivity index (χ0n) is 28.5. The summed E-state index contributed by atoms with van der Waals surface area (Å²) in [5, 5.41) is 15.1. The Labute approximate surface area is 278 Å². The molecule has 1 saturated carbocycles. The maximum atomic E-state index is 13.8. The molecule has 1 fully saturated rings. The number of nitrogens with one attached hydrogen (secondary N) is 2. The summed E-state index contributed by atoms with van der Waals surface area (Å²) in [6.45, 7) is 7.92. The Morgan fingerprint density at radius 2 is 1.76 bits per heavy atom. The topological polar surface area (TPSA) is 120 Å². The molecule has 1 aliphatic carbocycles. The van der Waals surface area contributed by atoms with Crippen LogP contribution in [0.5, 0.6) is 0 Å². The van der Waals surface area contributed by atoms with Crippen molar-refractivity contribution in [1.29, 1.82) is 0 Å². The van der Waals surface area contributed by atoms with Gasteiger partial charge in [-0.3, -0.25) is 18.5 Å². The molecule has 0 bridgehead atoms. The van der Waals surface area contributed by atoms with E-state index in [4.69, 9.17) is 9.84 Å². The third-order valence-electron chi connectivity index (χ3n) is 8.73. The first-order chi connectivity index (χ1) is 21.8. The van der Waals surface area contributed by atoms with E-state index in [1.165, 1.54) is 0 Å². The average Bonchev–Trinajstić information content (AvgIpc) is 3.57. The van der Waals surface area contributed by atoms with Crippen LogP contribution in [0.2, 0.25) is 0 Å². The number of anilines is 1. The number of carbonyl (C=O) groups is 2. The van der Waals surface area contributed by atoms with Gasteiger partial charge in [-0.25, -0.2) is 14.7 Å². The lowest BCUT2D eigenvalue weighted by Gasteiger charge is -2.32. The van der Waals surface area contributed by atoms with E-state index in [0.29, 0.717) is 49.4 Å². The summed E-state index contributed by atoms with van der Waals surface area (Å²) < 4.78 is 21.0. The van der Waals surface area contributed by atoms with Crippen LogP contribution < -0.4 is 10.6 Å². The van der Waals surface area contributed by atoms with Gasteiger partial charge in [0.25, 0.3) is 5.91 Å². The van der Waals surface area contributed by atoms with E-state index in [2.05, 4.69) is 48.3 Å². The fraction of sp³-hybridized carbons (Fsp3) is 0.588. The lowest BCUT2D eigenvalue weighted by atomic mass is 9.79. The van der Waals surface area contributed by atoms with E-state index in [1.807, 2.05) is 35.9 Å². The Kier molecular flexibility index (Phi) is 12.7. The van der Waals surface area contributed by atoms with Gasteiger partial charge in [-0.1, -0.05) is 31.9 Å². The molecule has 254 valence electrons. The summed E-state index contributed by atoms with van der Waals surface area (Å²) in [4.78, 5) is 27.2. The second kappa shape index (κ2) is 16.2. The minimum absolute atomic E-state index is 0.0430. The zero-order valence-corrected chi connectivity index (χ0v) is 30.1. The highest BCUT2D eigenvalue weighted by Gasteiger charge is 2.33. The molecule has 2 unspecified atom stereocenters. The van der Waals surface area contributed by atoms with Crippen molar-refractivity contribution in [3.63, 3.8) is 0 Å². The zero-order chi connectivity index (χ0) is 33.4. The van der Waals surface area contributed by atoms with Gasteiger partial charge in [0.15, 0.2) is 0 Å². The van der Waals surface area contributed by atoms with Crippen LogP contribution in [0, 0.1) is 25.7 Å². The first kappa shape index (κ1) is 35.9. The normalized spacial score (nSPS) is 18.6. The Morgan fingerprint density at radius 1 is 1.07 bits per heavy atom. The van der Waals surface area contributed by atoms with Crippen molar-refractivity contribution in [3.05, 3.63) is 53.6 Å². The van der Waals surface area contributed by atoms with Crippen molar-refractivity contribution >= 4 is 38.3 Å². The van der Waals surface area contributed by atoms with Crippen LogP contribution in [0.3, 0.4) is 0 Å². The van der Waals surface area contributed by atoms with Crippen molar-refractivity contribution in [3.8, 4) is 11.1 Å². The van der Waals surface area contributed by atoms with Crippen molar-refractivity contribution in [2.45, 2.75) is 72.2 Å². The summed E-state index contributed by atoms with van der Waals surface area (Å²) in [5.74, 6) is 1.71. The van der Waals surface area contributed by atoms with E-state index < -0.39 is 26.9 Å². The SMILES string of the molecule is Cc1nn(COCCS(C)(C)C)c(C)c1-c1ccc(NC(=O)C(NC(=O)c2ccnn2CCCS(C)=O)C2CCC(C)CC2)cc1. The predicted molar refractivity (Wildman–Crippen MR) is 190 cm³/mol. The van der Waals surface area contributed by atoms with Crippen molar-refractivity contribution < 1.29 is 18.5 Å². The molecule has 2 amide bonds. The van der Waals surface area contributed by atoms with Crippen molar-refractivity contribution in [2.24, 2.45) is 11.8 Å². The number of ether oxygens (including phenoxy) is 1. The van der Waals surface area contributed by atoms with Gasteiger partial charge >= 0.3 is 0 Å². The number of hydrogen-bond acceptors (Lipinski definition) is 6. The van der Waals surface area contributed by atoms with Crippen molar-refractivity contribution in [2.75, 3.05) is 48.5 Å². The smallest absolute Gasteiger partial charge is 0.270 e. The second-order valence-corrected chi connectivity index (χ2v) is 19.6. The molecule has 4 rings (SSSR count). The van der Waals surface area contributed by atoms with Crippen LogP contribution >= 0.6 is 10.0 Å². The molecule has 2 heterocycles. The first-order valence-corrected chi connectivity index (χ1v) is 20.9. The largest absolute Gasteiger partial charge is 0.358 e. The monoisotopic (exact) mass is 672 g/mol. The van der Waals surface area contributed by atoms with Crippen LogP contribution in [0.1, 0.15) is 60.9 Å². The molecular formula is C34H52N6O4S2. The Hall–Kier alpha value is -2.96. The van der Waals surface area contributed by atoms with Gasteiger partial charge < -0.3 is 15.4 Å². The average molecular weight is 673 g/mol. The number of nitrogens with zero attached hydrogens (tertiary/aromatic N) is 4. The number of carbonyl (C=O) groups excluding carboxylic acids is 2. The molecule has 2 N–H and O–H groups in total. The molecular weight excluding hydrogens is 621 g/mol. The van der Waals surface area contributed by atoms with E-state index in [1.54, 1.807) is 23.2 Å². The van der Waals surface area contributed by atoms with E-state index >= 15 is 0 Å². The Morgan fingerprint density at radius 3 is 2.41 bits per heavy atom. The molecule has 0 spiro atoms. The third-order valence-corrected chi connectivity index (χ3v) is 11.0. The standard InChI is InChI=1S/C34H52N6O4S2/c1-24-9-11-28(12-10-24)32(37-33(41)30-17-18-35-39(30)19-8-21-45(4)43)34(42)36-29-15-13-27(14-16-29)31-25(2)38-40(26(31)3)23-44-20-22-46(5,6)7/h13-18,24,28,32H,8-12,19-23H2,1-7H3,(H,36,42)(H,37,41). The molecule has 0 radical (unpaired) electrons. The maximum Gasteiger partial charge on any atom is 0.270 e. The highest BCUT2D eigenvalue weighted by molar-refractivity contribution is 8.32. The summed E-state index contributed by atoms with van der Waals surface area (Å²) in [6.07, 6.45) is 14.6. The summed E-state index contributed by atoms with van der Waals surface area (Å²) >= 11 is 0. The van der Waals surface area contributed by atoms with Gasteiger partial charge in [-0.05, 0) is 87.5 Å². The number of hydrogen-bond donors (Lipinski definition) is 2. The van der Waals surface area contributed by atoms with Gasteiger partial charge in [-0.2, -0.15) is 10.2 Å². The fourth-order valence-corrected chi connectivity index (χ4v) is 7.15. The summed E-state index contributed by atoms with van der Waals surface area (Å²) in [6, 6.07) is 8.80. The quantitative estimate of drug-likeness (QED) is 0.210. The summed E-state index contributed by atoms with van der Waals surface area (Å²) in [5.41, 5.74) is 5.12. The highest BCUT2D eigenvalue weighted by atomic mass is 32.3. The number of rotatable bonds is 15. The highest BCUT2D eigenvalue weighted by Crippen LogP contribution is 2.34. The van der Waals surface area contributed by atoms with Gasteiger partial charge in [-0.15, -0.1) is 0 Å². The van der Waals surface area contributed by atoms with Gasteiger partial charge in [0, 0.05) is 58.2 Å². The van der Waals surface area contributed by atoms with E-state index in [-0.39, 0.29) is 17.7 Å². The third kappa shape index (κ3) is 10.0. The minimum atomic E-state index is -0.907. The predicted octanol–water partition coefficient (Wildman–Crippen LogP) is 5.36. The summed E-state index contributed by atoms with van der Waals surface area (Å²) in [7, 11) is -1.51. The van der Waals surface area contributed by atoms with Crippen LogP contribution in [-0.4, -0.2) is 84.8 Å². The fourth-order valence-electron chi connectivity index (χ4n) is 5.99. The van der Waals surface area contributed by atoms with Crippen LogP contribution in [0.15, 0.2) is 36.5 Å². The molecule has 46 heavy (non-hydrogen) atoms. The lowest BCUT2D eigenvalue weighted by molar-refractivity contribution is -0.119. The van der Waals surface area contributed by atoms with Crippen LogP contribution in [0.25, 0.3) is 11.1 Å². The van der Waals surface area contributed by atoms with E-state index in [0.717, 1.165) is 54.0 Å². The molecule has 2 atom stereocenters. The van der Waals surface area contributed by atoms with Gasteiger partial charge in [0.2, 0.25) is 5.91 Å².